The van der Waals surface area contributed by atoms with Crippen molar-refractivity contribution in [3.8, 4) is 0 Å². The Kier molecular flexibility index (Phi) is 3.99. The Labute approximate surface area is 131 Å². The van der Waals surface area contributed by atoms with Crippen LogP contribution < -0.4 is 10.8 Å². The minimum atomic E-state index is -0.641. The third-order valence-corrected chi connectivity index (χ3v) is 3.34. The van der Waals surface area contributed by atoms with Crippen molar-refractivity contribution in [3.05, 3.63) is 71.9 Å². The molecule has 0 aliphatic rings. The number of pyridine rings is 1. The number of nitrogens with one attached hydrogen (secondary N) is 2. The molecule has 0 bridgehead atoms. The highest BCUT2D eigenvalue weighted by molar-refractivity contribution is 6.05. The molecule has 2 amide bonds. The van der Waals surface area contributed by atoms with Gasteiger partial charge in [0.15, 0.2) is 0 Å². The zero-order valence-corrected chi connectivity index (χ0v) is 12.0. The second-order valence-corrected chi connectivity index (χ2v) is 4.89. The summed E-state index contributed by atoms with van der Waals surface area (Å²) in [5.74, 6) is -0.861. The maximum Gasteiger partial charge on any atom is 0.276 e. The van der Waals surface area contributed by atoms with Gasteiger partial charge in [-0.15, -0.1) is 0 Å². The number of hydroxylamine groups is 1. The largest absolute Gasteiger partial charge is 0.322 e. The van der Waals surface area contributed by atoms with E-state index in [-0.39, 0.29) is 11.5 Å². The number of rotatable bonds is 3. The first kappa shape index (κ1) is 14.7. The van der Waals surface area contributed by atoms with Crippen molar-refractivity contribution in [2.45, 2.75) is 0 Å². The molecule has 0 radical (unpaired) electrons. The molecule has 6 heteroatoms. The molecule has 3 rings (SSSR count). The van der Waals surface area contributed by atoms with Crippen molar-refractivity contribution < 1.29 is 14.8 Å². The van der Waals surface area contributed by atoms with Crippen LogP contribution in [0.25, 0.3) is 10.9 Å². The van der Waals surface area contributed by atoms with Crippen LogP contribution in [-0.4, -0.2) is 22.0 Å². The number of hydrogen-bond donors (Lipinski definition) is 3. The van der Waals surface area contributed by atoms with E-state index < -0.39 is 5.91 Å². The molecule has 0 spiro atoms. The maximum absolute atomic E-state index is 12.1. The molecule has 3 N–H and O–H groups in total. The predicted octanol–water partition coefficient (Wildman–Crippen LogP) is 2.61. The number of carbonyl (C=O) groups excluding carboxylic acids is 2. The third-order valence-electron chi connectivity index (χ3n) is 3.34. The SMILES string of the molecule is O=C(NO)c1cnc2ccc(NC(=O)c3ccccc3)cc2c1. The van der Waals surface area contributed by atoms with E-state index >= 15 is 0 Å². The summed E-state index contributed by atoms with van der Waals surface area (Å²) in [7, 11) is 0. The van der Waals surface area contributed by atoms with E-state index in [2.05, 4.69) is 10.3 Å². The fourth-order valence-corrected chi connectivity index (χ4v) is 2.19. The van der Waals surface area contributed by atoms with E-state index in [1.54, 1.807) is 54.0 Å². The summed E-state index contributed by atoms with van der Waals surface area (Å²) in [5, 5.41) is 12.1. The first-order valence-electron chi connectivity index (χ1n) is 6.88. The van der Waals surface area contributed by atoms with Gasteiger partial charge in [-0.2, -0.15) is 0 Å². The van der Waals surface area contributed by atoms with E-state index in [1.165, 1.54) is 6.20 Å². The van der Waals surface area contributed by atoms with Crippen LogP contribution in [0.5, 0.6) is 0 Å². The third kappa shape index (κ3) is 3.17. The van der Waals surface area contributed by atoms with Crippen LogP contribution in [0.15, 0.2) is 60.8 Å². The van der Waals surface area contributed by atoms with Gasteiger partial charge in [0.05, 0.1) is 11.1 Å². The molecule has 0 aliphatic carbocycles. The van der Waals surface area contributed by atoms with E-state index in [9.17, 15) is 9.59 Å². The highest BCUT2D eigenvalue weighted by Gasteiger charge is 2.08. The predicted molar refractivity (Wildman–Crippen MR) is 85.4 cm³/mol. The van der Waals surface area contributed by atoms with Gasteiger partial charge in [0, 0.05) is 22.8 Å². The van der Waals surface area contributed by atoms with Gasteiger partial charge in [-0.05, 0) is 36.4 Å². The molecule has 114 valence electrons. The van der Waals surface area contributed by atoms with Crippen molar-refractivity contribution >= 4 is 28.4 Å². The van der Waals surface area contributed by atoms with Crippen LogP contribution in [0.3, 0.4) is 0 Å². The standard InChI is InChI=1S/C17H13N3O3/c21-16(11-4-2-1-3-5-11)19-14-6-7-15-12(9-14)8-13(10-18-15)17(22)20-23/h1-10,23H,(H,19,21)(H,20,22). The van der Waals surface area contributed by atoms with Crippen LogP contribution in [0.2, 0.25) is 0 Å². The van der Waals surface area contributed by atoms with Crippen molar-refractivity contribution in [2.24, 2.45) is 0 Å². The maximum atomic E-state index is 12.1. The number of benzene rings is 2. The highest BCUT2D eigenvalue weighted by atomic mass is 16.5. The fraction of sp³-hybridized carbons (Fsp3) is 0. The normalized spacial score (nSPS) is 10.3. The lowest BCUT2D eigenvalue weighted by Crippen LogP contribution is -2.18. The van der Waals surface area contributed by atoms with Crippen LogP contribution in [0.1, 0.15) is 20.7 Å². The molecular weight excluding hydrogens is 294 g/mol. The molecule has 23 heavy (non-hydrogen) atoms. The van der Waals surface area contributed by atoms with Crippen LogP contribution in [0, 0.1) is 0 Å². The first-order chi connectivity index (χ1) is 11.2. The summed E-state index contributed by atoms with van der Waals surface area (Å²) in [6.45, 7) is 0. The molecule has 6 nitrogen and oxygen atoms in total. The first-order valence-corrected chi connectivity index (χ1v) is 6.88. The van der Waals surface area contributed by atoms with E-state index in [1.807, 2.05) is 6.07 Å². The van der Waals surface area contributed by atoms with Crippen LogP contribution in [0.4, 0.5) is 5.69 Å². The molecular formula is C17H13N3O3. The second-order valence-electron chi connectivity index (χ2n) is 4.89. The van der Waals surface area contributed by atoms with E-state index in [0.29, 0.717) is 22.2 Å². The number of hydrogen-bond acceptors (Lipinski definition) is 4. The summed E-state index contributed by atoms with van der Waals surface area (Å²) >= 11 is 0. The smallest absolute Gasteiger partial charge is 0.276 e. The average Bonchev–Trinajstić information content (AvgIpc) is 2.61. The lowest BCUT2D eigenvalue weighted by Gasteiger charge is -2.07. The van der Waals surface area contributed by atoms with Gasteiger partial charge >= 0.3 is 0 Å². The topological polar surface area (TPSA) is 91.3 Å². The van der Waals surface area contributed by atoms with Gasteiger partial charge < -0.3 is 5.32 Å². The molecule has 0 fully saturated rings. The Hall–Kier alpha value is -3.25. The van der Waals surface area contributed by atoms with Crippen molar-refractivity contribution in [1.82, 2.24) is 10.5 Å². The minimum absolute atomic E-state index is 0.220. The molecule has 0 aliphatic heterocycles. The number of fused-ring (bicyclic) bond motifs is 1. The Morgan fingerprint density at radius 3 is 2.43 bits per heavy atom. The van der Waals surface area contributed by atoms with E-state index in [4.69, 9.17) is 5.21 Å². The quantitative estimate of drug-likeness (QED) is 0.512. The lowest BCUT2D eigenvalue weighted by atomic mass is 10.1. The zero-order chi connectivity index (χ0) is 16.2. The Balaban J connectivity index is 1.90. The second kappa shape index (κ2) is 6.25. The Morgan fingerprint density at radius 1 is 0.913 bits per heavy atom. The molecule has 0 saturated heterocycles. The average molecular weight is 307 g/mol. The van der Waals surface area contributed by atoms with Crippen LogP contribution >= 0.6 is 0 Å². The van der Waals surface area contributed by atoms with Gasteiger partial charge in [0.25, 0.3) is 11.8 Å². The molecule has 0 atom stereocenters. The fourth-order valence-electron chi connectivity index (χ4n) is 2.19. The number of aromatic nitrogens is 1. The summed E-state index contributed by atoms with van der Waals surface area (Å²) in [6.07, 6.45) is 1.37. The molecule has 3 aromatic rings. The van der Waals surface area contributed by atoms with Crippen molar-refractivity contribution in [1.29, 1.82) is 0 Å². The van der Waals surface area contributed by atoms with E-state index in [0.717, 1.165) is 0 Å². The summed E-state index contributed by atoms with van der Waals surface area (Å²) in [6, 6.07) is 15.7. The monoisotopic (exact) mass is 307 g/mol. The molecule has 1 aromatic heterocycles. The van der Waals surface area contributed by atoms with Crippen molar-refractivity contribution in [2.75, 3.05) is 5.32 Å². The summed E-state index contributed by atoms with van der Waals surface area (Å²) < 4.78 is 0. The molecule has 1 heterocycles. The Bertz CT molecular complexity index is 879. The minimum Gasteiger partial charge on any atom is -0.322 e. The Morgan fingerprint density at radius 2 is 1.70 bits per heavy atom. The van der Waals surface area contributed by atoms with Gasteiger partial charge in [-0.25, -0.2) is 5.48 Å². The van der Waals surface area contributed by atoms with Gasteiger partial charge in [0.1, 0.15) is 0 Å². The zero-order valence-electron chi connectivity index (χ0n) is 12.0. The molecule has 2 aromatic carbocycles. The van der Waals surface area contributed by atoms with Gasteiger partial charge in [0.2, 0.25) is 0 Å². The summed E-state index contributed by atoms with van der Waals surface area (Å²) in [5.41, 5.74) is 3.62. The van der Waals surface area contributed by atoms with Gasteiger partial charge in [-0.1, -0.05) is 18.2 Å². The highest BCUT2D eigenvalue weighted by Crippen LogP contribution is 2.19. The number of anilines is 1. The lowest BCUT2D eigenvalue weighted by molar-refractivity contribution is 0.0706. The van der Waals surface area contributed by atoms with Gasteiger partial charge in [-0.3, -0.25) is 19.8 Å². The molecule has 0 unspecified atom stereocenters. The summed E-state index contributed by atoms with van der Waals surface area (Å²) in [4.78, 5) is 27.7. The van der Waals surface area contributed by atoms with Crippen molar-refractivity contribution in [3.63, 3.8) is 0 Å². The molecule has 0 saturated carbocycles. The number of amides is 2. The van der Waals surface area contributed by atoms with Crippen LogP contribution in [-0.2, 0) is 0 Å². The number of nitrogens with zero attached hydrogens (tertiary/aromatic N) is 1. The number of carbonyl (C=O) groups is 2.